The summed E-state index contributed by atoms with van der Waals surface area (Å²) < 4.78 is 0. The third-order valence-corrected chi connectivity index (χ3v) is 6.92. The van der Waals surface area contributed by atoms with Gasteiger partial charge in [0.25, 0.3) is 0 Å². The molecule has 1 fully saturated rings. The van der Waals surface area contributed by atoms with Crippen molar-refractivity contribution in [1.29, 1.82) is 0 Å². The van der Waals surface area contributed by atoms with Crippen molar-refractivity contribution >= 4 is 45.6 Å². The van der Waals surface area contributed by atoms with E-state index in [0.29, 0.717) is 18.1 Å². The second kappa shape index (κ2) is 13.6. The largest absolute Gasteiger partial charge is 0.361 e. The monoisotopic (exact) mass is 499 g/mol. The van der Waals surface area contributed by atoms with Gasteiger partial charge >= 0.3 is 0 Å². The van der Waals surface area contributed by atoms with Gasteiger partial charge in [0.2, 0.25) is 5.91 Å². The molecule has 0 atom stereocenters. The van der Waals surface area contributed by atoms with Crippen LogP contribution in [0.25, 0.3) is 10.9 Å². The molecule has 0 saturated carbocycles. The highest BCUT2D eigenvalue weighted by Crippen LogP contribution is 2.26. The van der Waals surface area contributed by atoms with E-state index in [0.717, 1.165) is 87.6 Å². The van der Waals surface area contributed by atoms with Gasteiger partial charge in [-0.05, 0) is 81.4 Å². The number of likely N-dealkylation sites (N-methyl/N-ethyl adjacent to an activating group) is 1. The van der Waals surface area contributed by atoms with Crippen LogP contribution >= 0.6 is 12.2 Å². The third-order valence-electron chi connectivity index (χ3n) is 6.67. The van der Waals surface area contributed by atoms with E-state index in [4.69, 9.17) is 22.9 Å². The van der Waals surface area contributed by atoms with E-state index in [1.807, 2.05) is 17.0 Å². The Balaban J connectivity index is 1.57. The van der Waals surface area contributed by atoms with Crippen molar-refractivity contribution in [2.45, 2.75) is 40.0 Å². The van der Waals surface area contributed by atoms with E-state index in [1.165, 1.54) is 5.56 Å². The number of benzene rings is 1. The molecule has 35 heavy (non-hydrogen) atoms. The zero-order valence-corrected chi connectivity index (χ0v) is 22.3. The average Bonchev–Trinajstić information content (AvgIpc) is 2.87. The van der Waals surface area contributed by atoms with Gasteiger partial charge in [0.1, 0.15) is 5.82 Å². The molecule has 1 aliphatic heterocycles. The van der Waals surface area contributed by atoms with Crippen molar-refractivity contribution in [3.63, 3.8) is 0 Å². The van der Waals surface area contributed by atoms with E-state index >= 15 is 0 Å². The van der Waals surface area contributed by atoms with Crippen LogP contribution < -0.4 is 21.3 Å². The summed E-state index contributed by atoms with van der Waals surface area (Å²) in [5.41, 5.74) is 8.64. The number of anilines is 2. The molecular formula is C26H41N7OS. The number of aryl methyl sites for hydroxylation is 1. The molecule has 0 spiro atoms. The van der Waals surface area contributed by atoms with Gasteiger partial charge < -0.3 is 31.1 Å². The van der Waals surface area contributed by atoms with Gasteiger partial charge in [-0.2, -0.15) is 0 Å². The predicted octanol–water partition coefficient (Wildman–Crippen LogP) is 2.95. The first kappa shape index (κ1) is 27.1. The van der Waals surface area contributed by atoms with Crippen LogP contribution in [0.15, 0.2) is 24.3 Å². The predicted molar refractivity (Wildman–Crippen MR) is 150 cm³/mol. The number of aromatic nitrogens is 1. The number of thiocarbonyl (C=S) groups is 1. The Labute approximate surface area is 215 Å². The van der Waals surface area contributed by atoms with E-state index in [2.05, 4.69) is 53.3 Å². The number of hydrogen-bond donors (Lipinski definition) is 3. The SMILES string of the molecule is CCN(CC)CCNC(=S)Nc1ccc2nc(N3CCN(C(=O)CCCCN)CC3)cc(C)c2c1. The van der Waals surface area contributed by atoms with Crippen molar-refractivity contribution in [2.24, 2.45) is 5.73 Å². The van der Waals surface area contributed by atoms with Crippen LogP contribution in [-0.4, -0.2) is 84.7 Å². The van der Waals surface area contributed by atoms with Gasteiger partial charge in [-0.1, -0.05) is 13.8 Å². The summed E-state index contributed by atoms with van der Waals surface area (Å²) in [7, 11) is 0. The maximum absolute atomic E-state index is 12.4. The van der Waals surface area contributed by atoms with Gasteiger partial charge in [0.15, 0.2) is 5.11 Å². The Morgan fingerprint density at radius 3 is 2.57 bits per heavy atom. The number of pyridine rings is 1. The fourth-order valence-corrected chi connectivity index (χ4v) is 4.64. The highest BCUT2D eigenvalue weighted by atomic mass is 32.1. The van der Waals surface area contributed by atoms with Gasteiger partial charge in [-0.15, -0.1) is 0 Å². The number of hydrogen-bond acceptors (Lipinski definition) is 6. The van der Waals surface area contributed by atoms with E-state index in [9.17, 15) is 4.79 Å². The summed E-state index contributed by atoms with van der Waals surface area (Å²) in [4.78, 5) is 23.9. The van der Waals surface area contributed by atoms with Crippen LogP contribution in [0.5, 0.6) is 0 Å². The Bertz CT molecular complexity index is 987. The van der Waals surface area contributed by atoms with Gasteiger partial charge in [-0.3, -0.25) is 4.79 Å². The summed E-state index contributed by atoms with van der Waals surface area (Å²) >= 11 is 5.48. The molecule has 192 valence electrons. The van der Waals surface area contributed by atoms with Gasteiger partial charge in [0, 0.05) is 56.8 Å². The minimum absolute atomic E-state index is 0.237. The number of amides is 1. The first-order valence-electron chi connectivity index (χ1n) is 12.9. The number of rotatable bonds is 11. The molecule has 0 radical (unpaired) electrons. The Kier molecular flexibility index (Phi) is 10.5. The maximum Gasteiger partial charge on any atom is 0.222 e. The third kappa shape index (κ3) is 7.75. The van der Waals surface area contributed by atoms with E-state index in [1.54, 1.807) is 0 Å². The zero-order valence-electron chi connectivity index (χ0n) is 21.5. The molecule has 4 N–H and O–H groups in total. The number of carbonyl (C=O) groups is 1. The summed E-state index contributed by atoms with van der Waals surface area (Å²) in [6.07, 6.45) is 2.37. The second-order valence-corrected chi connectivity index (χ2v) is 9.46. The van der Waals surface area contributed by atoms with E-state index < -0.39 is 0 Å². The summed E-state index contributed by atoms with van der Waals surface area (Å²) in [6.45, 7) is 14.0. The standard InChI is InChI=1S/C26H41N7OS/c1-4-31(5-2)13-12-28-26(35)29-21-9-10-23-22(19-21)20(3)18-24(30-23)32-14-16-33(17-15-32)25(34)8-6-7-11-27/h9-10,18-19H,4-8,11-17,27H2,1-3H3,(H2,28,29,35). The lowest BCUT2D eigenvalue weighted by Crippen LogP contribution is -2.49. The number of nitrogens with zero attached hydrogens (tertiary/aromatic N) is 4. The number of nitrogens with two attached hydrogens (primary N) is 1. The lowest BCUT2D eigenvalue weighted by atomic mass is 10.1. The van der Waals surface area contributed by atoms with Crippen molar-refractivity contribution in [3.8, 4) is 0 Å². The van der Waals surface area contributed by atoms with Crippen LogP contribution in [0.2, 0.25) is 0 Å². The first-order chi connectivity index (χ1) is 16.9. The zero-order chi connectivity index (χ0) is 25.2. The molecular weight excluding hydrogens is 458 g/mol. The molecule has 3 rings (SSSR count). The molecule has 1 amide bonds. The lowest BCUT2D eigenvalue weighted by molar-refractivity contribution is -0.131. The van der Waals surface area contributed by atoms with Crippen molar-refractivity contribution in [1.82, 2.24) is 20.1 Å². The Hall–Kier alpha value is -2.49. The van der Waals surface area contributed by atoms with Gasteiger partial charge in [-0.25, -0.2) is 4.98 Å². The van der Waals surface area contributed by atoms with Crippen LogP contribution in [0, 0.1) is 6.92 Å². The molecule has 1 aromatic heterocycles. The maximum atomic E-state index is 12.4. The molecule has 2 aromatic rings. The minimum Gasteiger partial charge on any atom is -0.361 e. The summed E-state index contributed by atoms with van der Waals surface area (Å²) in [6, 6.07) is 8.32. The van der Waals surface area contributed by atoms with Crippen LogP contribution in [0.1, 0.15) is 38.7 Å². The minimum atomic E-state index is 0.237. The second-order valence-electron chi connectivity index (χ2n) is 9.05. The number of fused-ring (bicyclic) bond motifs is 1. The summed E-state index contributed by atoms with van der Waals surface area (Å²) in [5, 5.41) is 8.34. The normalized spacial score (nSPS) is 14.0. The fraction of sp³-hybridized carbons (Fsp3) is 0.577. The number of carbonyl (C=O) groups excluding carboxylic acids is 1. The number of piperazine rings is 1. The van der Waals surface area contributed by atoms with Gasteiger partial charge in [0.05, 0.1) is 5.52 Å². The smallest absolute Gasteiger partial charge is 0.222 e. The molecule has 0 bridgehead atoms. The molecule has 9 heteroatoms. The van der Waals surface area contributed by atoms with Crippen LogP contribution in [0.3, 0.4) is 0 Å². The van der Waals surface area contributed by atoms with Crippen molar-refractivity contribution in [3.05, 3.63) is 29.8 Å². The fourth-order valence-electron chi connectivity index (χ4n) is 4.42. The Morgan fingerprint density at radius 1 is 1.14 bits per heavy atom. The van der Waals surface area contributed by atoms with Crippen molar-refractivity contribution in [2.75, 3.05) is 69.1 Å². The molecule has 0 aliphatic carbocycles. The van der Waals surface area contributed by atoms with E-state index in [-0.39, 0.29) is 5.91 Å². The molecule has 1 aromatic carbocycles. The van der Waals surface area contributed by atoms with Crippen LogP contribution in [0.4, 0.5) is 11.5 Å². The quantitative estimate of drug-likeness (QED) is 0.321. The lowest BCUT2D eigenvalue weighted by Gasteiger charge is -2.35. The van der Waals surface area contributed by atoms with Crippen molar-refractivity contribution < 1.29 is 4.79 Å². The molecule has 1 saturated heterocycles. The van der Waals surface area contributed by atoms with Crippen LogP contribution in [-0.2, 0) is 4.79 Å². The first-order valence-corrected chi connectivity index (χ1v) is 13.3. The molecule has 0 unspecified atom stereocenters. The molecule has 1 aliphatic rings. The highest BCUT2D eigenvalue weighted by molar-refractivity contribution is 7.80. The number of unbranched alkanes of at least 4 members (excludes halogenated alkanes) is 1. The average molecular weight is 500 g/mol. The topological polar surface area (TPSA) is 89.8 Å². The summed E-state index contributed by atoms with van der Waals surface area (Å²) in [5.74, 6) is 1.21. The highest BCUT2D eigenvalue weighted by Gasteiger charge is 2.22. The Morgan fingerprint density at radius 2 is 1.89 bits per heavy atom. The number of nitrogens with one attached hydrogen (secondary N) is 2. The molecule has 8 nitrogen and oxygen atoms in total. The molecule has 2 heterocycles.